The van der Waals surface area contributed by atoms with E-state index in [2.05, 4.69) is 0 Å². The lowest BCUT2D eigenvalue weighted by Gasteiger charge is -2.33. The van der Waals surface area contributed by atoms with Gasteiger partial charge in [0.1, 0.15) is 0 Å². The van der Waals surface area contributed by atoms with Crippen LogP contribution in [0, 0.1) is 13.8 Å². The van der Waals surface area contributed by atoms with Crippen molar-refractivity contribution in [3.05, 3.63) is 130 Å². The van der Waals surface area contributed by atoms with E-state index in [1.54, 1.807) is 56.0 Å². The average Bonchev–Trinajstić information content (AvgIpc) is 3.22. The van der Waals surface area contributed by atoms with Crippen molar-refractivity contribution < 1.29 is 40.8 Å². The Labute approximate surface area is 340 Å². The van der Waals surface area contributed by atoms with Crippen LogP contribution in [0.3, 0.4) is 0 Å². The van der Waals surface area contributed by atoms with Crippen LogP contribution in [0.2, 0.25) is 0 Å². The molecule has 2 saturated heterocycles. The average molecular weight is 832 g/mol. The van der Waals surface area contributed by atoms with Gasteiger partial charge in [0.15, 0.2) is 25.5 Å². The maximum absolute atomic E-state index is 13.3. The molecule has 2 N–H and O–H groups in total. The van der Waals surface area contributed by atoms with Crippen molar-refractivity contribution in [3.8, 4) is 0 Å². The van der Waals surface area contributed by atoms with Crippen LogP contribution in [0.4, 0.5) is 21.0 Å². The number of nitrogens with zero attached hydrogens (tertiary/aromatic N) is 4. The van der Waals surface area contributed by atoms with Crippen molar-refractivity contribution in [2.45, 2.75) is 26.9 Å². The van der Waals surface area contributed by atoms with Crippen LogP contribution in [0.1, 0.15) is 43.0 Å². The number of aryl methyl sites for hydroxylation is 2. The fourth-order valence-electron chi connectivity index (χ4n) is 6.54. The molecule has 0 aromatic heterocycles. The summed E-state index contributed by atoms with van der Waals surface area (Å²) in [4.78, 5) is 56.4. The number of hydrogen-bond acceptors (Lipinski definition) is 10. The quantitative estimate of drug-likeness (QED) is 0.184. The Morgan fingerprint density at radius 3 is 1.29 bits per heavy atom. The summed E-state index contributed by atoms with van der Waals surface area (Å²) < 4.78 is 51.6. The molecular weight excluding hydrogens is 783 g/mol. The molecule has 0 saturated carbocycles. The number of benzene rings is 4. The molecule has 2 aliphatic rings. The van der Waals surface area contributed by atoms with Gasteiger partial charge in [0.2, 0.25) is 0 Å². The minimum Gasteiger partial charge on any atom is -0.465 e. The number of anilines is 2. The van der Waals surface area contributed by atoms with Crippen LogP contribution < -0.4 is 15.5 Å². The summed E-state index contributed by atoms with van der Waals surface area (Å²) in [6.07, 6.45) is 0. The molecule has 58 heavy (non-hydrogen) atoms. The number of nitrogens with two attached hydrogens (primary N) is 1. The third kappa shape index (κ3) is 11.3. The van der Waals surface area contributed by atoms with Crippen LogP contribution in [0.15, 0.2) is 97.1 Å². The van der Waals surface area contributed by atoms with E-state index in [1.807, 2.05) is 74.5 Å². The van der Waals surface area contributed by atoms with Gasteiger partial charge < -0.3 is 20.3 Å². The molecule has 2 aliphatic heterocycles. The second-order valence-corrected chi connectivity index (χ2v) is 18.7. The monoisotopic (exact) mass is 831 g/mol. The Kier molecular flexibility index (Phi) is 14.4. The van der Waals surface area contributed by atoms with Gasteiger partial charge in [-0.15, -0.1) is 0 Å². The van der Waals surface area contributed by atoms with Gasteiger partial charge in [0.05, 0.1) is 55.3 Å². The highest BCUT2D eigenvalue weighted by molar-refractivity contribution is 7.91. The molecule has 0 atom stereocenters. The van der Waals surface area contributed by atoms with E-state index in [0.29, 0.717) is 24.2 Å². The molecule has 0 unspecified atom stereocenters. The molecule has 4 aromatic rings. The number of hydrogen-bond donors (Lipinski definition) is 1. The number of para-hydroxylation sites is 2. The lowest BCUT2D eigenvalue weighted by molar-refractivity contribution is 0.0600. The molecule has 2 heterocycles. The number of rotatable bonds is 9. The SMILES string of the molecule is COC(=O)c1ccc(CN(C(=O)N2CCS(=O)(=O)CC2)c2ccccc2C)cc1.Cc1ccccc1N(Cc1ccc(C(=O)CN)cc1)C(=O)N1CCS(=O)(=O)CC1. The first-order valence-corrected chi connectivity index (χ1v) is 22.4. The minimum atomic E-state index is -3.08. The van der Waals surface area contributed by atoms with Gasteiger partial charge in [-0.3, -0.25) is 14.6 Å². The topological polar surface area (TPSA) is 185 Å². The van der Waals surface area contributed by atoms with E-state index in [0.717, 1.165) is 33.6 Å². The van der Waals surface area contributed by atoms with Crippen LogP contribution in [0.5, 0.6) is 0 Å². The summed E-state index contributed by atoms with van der Waals surface area (Å²) in [5.74, 6) is -0.634. The highest BCUT2D eigenvalue weighted by Gasteiger charge is 2.31. The molecule has 0 bridgehead atoms. The van der Waals surface area contributed by atoms with Crippen LogP contribution in [-0.2, 0) is 37.5 Å². The highest BCUT2D eigenvalue weighted by atomic mass is 32.2. The summed E-state index contributed by atoms with van der Waals surface area (Å²) in [5, 5.41) is 0. The van der Waals surface area contributed by atoms with E-state index in [-0.39, 0.29) is 73.6 Å². The first-order chi connectivity index (χ1) is 27.6. The Balaban J connectivity index is 0.000000221. The molecule has 6 rings (SSSR count). The number of carbonyl (C=O) groups excluding carboxylic acids is 4. The van der Waals surface area contributed by atoms with Crippen molar-refractivity contribution >= 4 is 54.9 Å². The first-order valence-electron chi connectivity index (χ1n) is 18.8. The summed E-state index contributed by atoms with van der Waals surface area (Å²) in [7, 11) is -4.83. The Bertz CT molecular complexity index is 2140. The number of urea groups is 2. The first kappa shape index (κ1) is 43.5. The van der Waals surface area contributed by atoms with Crippen molar-refractivity contribution in [2.24, 2.45) is 5.73 Å². The minimum absolute atomic E-state index is 0.0176. The summed E-state index contributed by atoms with van der Waals surface area (Å²) in [6.45, 7) is 5.16. The van der Waals surface area contributed by atoms with Gasteiger partial charge in [0, 0.05) is 43.1 Å². The second kappa shape index (κ2) is 19.2. The van der Waals surface area contributed by atoms with Gasteiger partial charge in [0.25, 0.3) is 0 Å². The molecular formula is C42H49N5O9S2. The number of amides is 4. The van der Waals surface area contributed by atoms with E-state index >= 15 is 0 Å². The predicted molar refractivity (Wildman–Crippen MR) is 224 cm³/mol. The molecule has 2 fully saturated rings. The molecule has 308 valence electrons. The van der Waals surface area contributed by atoms with Crippen LogP contribution in [0.25, 0.3) is 0 Å². The zero-order valence-corrected chi connectivity index (χ0v) is 34.5. The zero-order chi connectivity index (χ0) is 42.0. The smallest absolute Gasteiger partial charge is 0.337 e. The second-order valence-electron chi connectivity index (χ2n) is 14.1. The Morgan fingerprint density at radius 2 is 0.948 bits per heavy atom. The number of sulfone groups is 2. The molecule has 4 aromatic carbocycles. The van der Waals surface area contributed by atoms with Crippen LogP contribution in [-0.4, -0.2) is 113 Å². The molecule has 14 nitrogen and oxygen atoms in total. The molecule has 4 amide bonds. The zero-order valence-electron chi connectivity index (χ0n) is 32.9. The number of esters is 1. The predicted octanol–water partition coefficient (Wildman–Crippen LogP) is 4.63. The van der Waals surface area contributed by atoms with Crippen molar-refractivity contribution in [3.63, 3.8) is 0 Å². The van der Waals surface area contributed by atoms with E-state index in [1.165, 1.54) is 7.11 Å². The molecule has 0 spiro atoms. The van der Waals surface area contributed by atoms with Crippen LogP contribution >= 0.6 is 0 Å². The van der Waals surface area contributed by atoms with Gasteiger partial charge in [-0.1, -0.05) is 72.8 Å². The summed E-state index contributed by atoms with van der Waals surface area (Å²) in [6, 6.07) is 28.6. The third-order valence-corrected chi connectivity index (χ3v) is 13.2. The van der Waals surface area contributed by atoms with Gasteiger partial charge in [-0.2, -0.15) is 0 Å². The van der Waals surface area contributed by atoms with Gasteiger partial charge in [-0.05, 0) is 60.4 Å². The fourth-order valence-corrected chi connectivity index (χ4v) is 8.94. The van der Waals surface area contributed by atoms with E-state index < -0.39 is 25.6 Å². The summed E-state index contributed by atoms with van der Waals surface area (Å²) >= 11 is 0. The molecule has 0 radical (unpaired) electrons. The lowest BCUT2D eigenvalue weighted by atomic mass is 10.1. The van der Waals surface area contributed by atoms with E-state index in [4.69, 9.17) is 10.5 Å². The van der Waals surface area contributed by atoms with E-state index in [9.17, 15) is 36.0 Å². The molecule has 0 aliphatic carbocycles. The Morgan fingerprint density at radius 1 is 0.586 bits per heavy atom. The Hall–Kier alpha value is -5.58. The van der Waals surface area contributed by atoms with Gasteiger partial charge in [-0.25, -0.2) is 31.2 Å². The number of carbonyl (C=O) groups is 4. The van der Waals surface area contributed by atoms with Crippen molar-refractivity contribution in [1.29, 1.82) is 0 Å². The van der Waals surface area contributed by atoms with Crippen molar-refractivity contribution in [1.82, 2.24) is 9.80 Å². The normalized spacial score (nSPS) is 15.7. The maximum atomic E-state index is 13.3. The third-order valence-electron chi connectivity index (χ3n) is 10.0. The summed E-state index contributed by atoms with van der Waals surface area (Å²) in [5.41, 5.74) is 11.5. The number of ether oxygens (including phenoxy) is 1. The number of Topliss-reactive ketones (excluding diaryl/α,β-unsaturated/α-hetero) is 1. The highest BCUT2D eigenvalue weighted by Crippen LogP contribution is 2.26. The number of ketones is 1. The largest absolute Gasteiger partial charge is 0.465 e. The lowest BCUT2D eigenvalue weighted by Crippen LogP contribution is -2.50. The maximum Gasteiger partial charge on any atom is 0.337 e. The van der Waals surface area contributed by atoms with Gasteiger partial charge >= 0.3 is 18.0 Å². The van der Waals surface area contributed by atoms with Crippen molar-refractivity contribution in [2.75, 3.05) is 72.6 Å². The molecule has 16 heteroatoms. The standard InChI is InChI=1S/C21H25N3O4S.C21H24N2O5S/c1-16-4-2-3-5-19(16)24(21(26)23-10-12-29(27,28)13-11-23)15-17-6-8-18(9-7-17)20(25)14-22;1-16-5-3-4-6-19(16)23(21(25)22-11-13-29(26,27)14-12-22)15-17-7-9-18(10-8-17)20(24)28-2/h2-9H,10-15,22H2,1H3;3-10H,11-15H2,1-2H3. The fraction of sp³-hybridized carbons (Fsp3) is 0.333. The number of methoxy groups -OCH3 is 1.